The number of aromatic nitrogens is 3. The van der Waals surface area contributed by atoms with Crippen LogP contribution in [0.25, 0.3) is 11.3 Å². The van der Waals surface area contributed by atoms with Gasteiger partial charge in [-0.2, -0.15) is 13.2 Å². The van der Waals surface area contributed by atoms with Crippen LogP contribution in [0.2, 0.25) is 0 Å². The number of nitrogens with zero attached hydrogens (tertiary/aromatic N) is 4. The highest BCUT2D eigenvalue weighted by Crippen LogP contribution is 2.31. The third-order valence-electron chi connectivity index (χ3n) is 5.63. The van der Waals surface area contributed by atoms with Crippen molar-refractivity contribution in [2.75, 3.05) is 18.4 Å². The Hall–Kier alpha value is -3.56. The molecule has 0 aliphatic carbocycles. The molecule has 10 heteroatoms. The number of hydrogen-bond donors (Lipinski definition) is 1. The summed E-state index contributed by atoms with van der Waals surface area (Å²) < 4.78 is 52.5. The maximum Gasteiger partial charge on any atom is 0.433 e. The minimum atomic E-state index is -4.54. The standard InChI is InChI=1S/C24H23F4N5O/c1-2-22(34)33-10-4-5-16(14-33)23-31-19(15-8-9-20(29-13-15)24(26,27)28)12-21(32-23)30-18-7-3-6-17(25)11-18/h3,6-9,11-13,16H,2,4-5,10,14H2,1H3,(H,30,31,32). The number of likely N-dealkylation sites (tertiary alicyclic amines) is 1. The Balaban J connectivity index is 1.71. The van der Waals surface area contributed by atoms with E-state index in [1.807, 2.05) is 6.92 Å². The van der Waals surface area contributed by atoms with Gasteiger partial charge in [0.2, 0.25) is 5.91 Å². The van der Waals surface area contributed by atoms with E-state index in [4.69, 9.17) is 0 Å². The SMILES string of the molecule is CCC(=O)N1CCCC(c2nc(Nc3cccc(F)c3)cc(-c3ccc(C(F)(F)F)nc3)n2)C1. The normalized spacial score (nSPS) is 16.4. The number of hydrogen-bond acceptors (Lipinski definition) is 5. The second-order valence-corrected chi connectivity index (χ2v) is 8.09. The minimum Gasteiger partial charge on any atom is -0.342 e. The van der Waals surface area contributed by atoms with Gasteiger partial charge in [0.05, 0.1) is 5.69 Å². The highest BCUT2D eigenvalue weighted by Gasteiger charge is 2.32. The Morgan fingerprint density at radius 2 is 2.00 bits per heavy atom. The summed E-state index contributed by atoms with van der Waals surface area (Å²) in [6, 6.07) is 9.64. The Bertz CT molecular complexity index is 1170. The molecule has 3 heterocycles. The first-order valence-corrected chi connectivity index (χ1v) is 11.0. The molecule has 1 saturated heterocycles. The predicted molar refractivity (Wildman–Crippen MR) is 119 cm³/mol. The predicted octanol–water partition coefficient (Wildman–Crippen LogP) is 5.56. The molecule has 1 aliphatic rings. The van der Waals surface area contributed by atoms with Crippen LogP contribution in [0.3, 0.4) is 0 Å². The van der Waals surface area contributed by atoms with Gasteiger partial charge in [0, 0.05) is 48.9 Å². The summed E-state index contributed by atoms with van der Waals surface area (Å²) in [6.07, 6.45) is -1.47. The number of pyridine rings is 1. The molecule has 34 heavy (non-hydrogen) atoms. The van der Waals surface area contributed by atoms with Gasteiger partial charge in [-0.1, -0.05) is 13.0 Å². The fraction of sp³-hybridized carbons (Fsp3) is 0.333. The van der Waals surface area contributed by atoms with Crippen LogP contribution in [-0.4, -0.2) is 38.8 Å². The molecule has 1 aromatic carbocycles. The van der Waals surface area contributed by atoms with Crippen LogP contribution >= 0.6 is 0 Å². The average molecular weight is 473 g/mol. The molecular weight excluding hydrogens is 450 g/mol. The molecule has 3 aromatic rings. The molecule has 1 amide bonds. The van der Waals surface area contributed by atoms with Gasteiger partial charge in [-0.25, -0.2) is 14.4 Å². The topological polar surface area (TPSA) is 71.0 Å². The van der Waals surface area contributed by atoms with Gasteiger partial charge in [0.25, 0.3) is 0 Å². The molecule has 0 bridgehead atoms. The summed E-state index contributed by atoms with van der Waals surface area (Å²) in [4.78, 5) is 26.7. The van der Waals surface area contributed by atoms with Gasteiger partial charge in [0.15, 0.2) is 0 Å². The van der Waals surface area contributed by atoms with Crippen LogP contribution < -0.4 is 5.32 Å². The minimum absolute atomic E-state index is 0.0471. The van der Waals surface area contributed by atoms with Crippen molar-refractivity contribution in [2.24, 2.45) is 0 Å². The molecule has 0 saturated carbocycles. The Morgan fingerprint density at radius 3 is 2.68 bits per heavy atom. The number of nitrogens with one attached hydrogen (secondary N) is 1. The van der Waals surface area contributed by atoms with Crippen LogP contribution in [0.15, 0.2) is 48.7 Å². The molecular formula is C24H23F4N5O. The van der Waals surface area contributed by atoms with Crippen molar-refractivity contribution >= 4 is 17.4 Å². The number of carbonyl (C=O) groups excluding carboxylic acids is 1. The van der Waals surface area contributed by atoms with E-state index in [9.17, 15) is 22.4 Å². The number of rotatable bonds is 5. The molecule has 1 atom stereocenters. The number of alkyl halides is 3. The summed E-state index contributed by atoms with van der Waals surface area (Å²) in [5.74, 6) is 0.312. The molecule has 0 spiro atoms. The zero-order valence-corrected chi connectivity index (χ0v) is 18.4. The van der Waals surface area contributed by atoms with Gasteiger partial charge in [0.1, 0.15) is 23.2 Å². The second-order valence-electron chi connectivity index (χ2n) is 8.09. The molecule has 1 N–H and O–H groups in total. The van der Waals surface area contributed by atoms with Crippen molar-refractivity contribution in [3.05, 3.63) is 66.0 Å². The lowest BCUT2D eigenvalue weighted by molar-refractivity contribution is -0.141. The Labute approximate surface area is 194 Å². The third kappa shape index (κ3) is 5.49. The van der Waals surface area contributed by atoms with Crippen molar-refractivity contribution in [1.82, 2.24) is 19.9 Å². The lowest BCUT2D eigenvalue weighted by atomic mass is 9.96. The summed E-state index contributed by atoms with van der Waals surface area (Å²) in [6.45, 7) is 2.93. The average Bonchev–Trinajstić information content (AvgIpc) is 2.83. The first kappa shape index (κ1) is 23.6. The fourth-order valence-electron chi connectivity index (χ4n) is 3.93. The summed E-state index contributed by atoms with van der Waals surface area (Å²) in [7, 11) is 0. The molecule has 1 unspecified atom stereocenters. The van der Waals surface area contributed by atoms with E-state index in [-0.39, 0.29) is 11.8 Å². The molecule has 6 nitrogen and oxygen atoms in total. The number of piperidine rings is 1. The zero-order valence-electron chi connectivity index (χ0n) is 18.4. The van der Waals surface area contributed by atoms with E-state index in [0.29, 0.717) is 48.1 Å². The second kappa shape index (κ2) is 9.74. The van der Waals surface area contributed by atoms with Crippen LogP contribution in [-0.2, 0) is 11.0 Å². The Morgan fingerprint density at radius 1 is 1.18 bits per heavy atom. The number of halogens is 4. The van der Waals surface area contributed by atoms with Crippen molar-refractivity contribution in [1.29, 1.82) is 0 Å². The number of anilines is 2. The lowest BCUT2D eigenvalue weighted by Gasteiger charge is -2.32. The van der Waals surface area contributed by atoms with E-state index < -0.39 is 17.7 Å². The molecule has 178 valence electrons. The fourth-order valence-corrected chi connectivity index (χ4v) is 3.93. The molecule has 1 aliphatic heterocycles. The lowest BCUT2D eigenvalue weighted by Crippen LogP contribution is -2.39. The quantitative estimate of drug-likeness (QED) is 0.492. The van der Waals surface area contributed by atoms with E-state index >= 15 is 0 Å². The first-order valence-electron chi connectivity index (χ1n) is 11.0. The van der Waals surface area contributed by atoms with Crippen molar-refractivity contribution in [3.63, 3.8) is 0 Å². The van der Waals surface area contributed by atoms with E-state index in [0.717, 1.165) is 25.1 Å². The van der Waals surface area contributed by atoms with E-state index in [1.54, 1.807) is 23.1 Å². The van der Waals surface area contributed by atoms with Crippen molar-refractivity contribution in [3.8, 4) is 11.3 Å². The highest BCUT2D eigenvalue weighted by atomic mass is 19.4. The number of carbonyl (C=O) groups is 1. The van der Waals surface area contributed by atoms with Crippen LogP contribution in [0, 0.1) is 5.82 Å². The molecule has 2 aromatic heterocycles. The van der Waals surface area contributed by atoms with Crippen molar-refractivity contribution in [2.45, 2.75) is 38.3 Å². The third-order valence-corrected chi connectivity index (χ3v) is 5.63. The maximum absolute atomic E-state index is 13.7. The van der Waals surface area contributed by atoms with Crippen molar-refractivity contribution < 1.29 is 22.4 Å². The van der Waals surface area contributed by atoms with Gasteiger partial charge in [-0.3, -0.25) is 9.78 Å². The summed E-state index contributed by atoms with van der Waals surface area (Å²) in [5, 5.41) is 3.04. The smallest absolute Gasteiger partial charge is 0.342 e. The van der Waals surface area contributed by atoms with Gasteiger partial charge >= 0.3 is 6.18 Å². The maximum atomic E-state index is 13.7. The molecule has 1 fully saturated rings. The Kier molecular flexibility index (Phi) is 6.76. The van der Waals surface area contributed by atoms with Gasteiger partial charge in [-0.15, -0.1) is 0 Å². The zero-order chi connectivity index (χ0) is 24.3. The number of amides is 1. The first-order chi connectivity index (χ1) is 16.2. The highest BCUT2D eigenvalue weighted by molar-refractivity contribution is 5.76. The van der Waals surface area contributed by atoms with E-state index in [2.05, 4.69) is 20.3 Å². The summed E-state index contributed by atoms with van der Waals surface area (Å²) >= 11 is 0. The van der Waals surface area contributed by atoms with Crippen LogP contribution in [0.1, 0.15) is 43.6 Å². The largest absolute Gasteiger partial charge is 0.433 e. The van der Waals surface area contributed by atoms with Crippen LogP contribution in [0.4, 0.5) is 29.1 Å². The van der Waals surface area contributed by atoms with E-state index in [1.165, 1.54) is 18.2 Å². The van der Waals surface area contributed by atoms with Gasteiger partial charge < -0.3 is 10.2 Å². The van der Waals surface area contributed by atoms with Gasteiger partial charge in [-0.05, 0) is 43.2 Å². The molecule has 4 rings (SSSR count). The van der Waals surface area contributed by atoms with Crippen LogP contribution in [0.5, 0.6) is 0 Å². The molecule has 0 radical (unpaired) electrons. The monoisotopic (exact) mass is 473 g/mol. The summed E-state index contributed by atoms with van der Waals surface area (Å²) in [5.41, 5.74) is 0.234. The number of benzene rings is 1.